The zero-order valence-corrected chi connectivity index (χ0v) is 22.8. The lowest BCUT2D eigenvalue weighted by molar-refractivity contribution is -0.141. The maximum Gasteiger partial charge on any atom is 0.435 e. The Labute approximate surface area is 233 Å². The van der Waals surface area contributed by atoms with Gasteiger partial charge in [0.2, 0.25) is 0 Å². The molecule has 10 nitrogen and oxygen atoms in total. The number of ether oxygens (including phenoxy) is 1. The third-order valence-electron chi connectivity index (χ3n) is 5.87. The number of rotatable bonds is 12. The Bertz CT molecular complexity index is 1450. The molecule has 1 amide bonds. The van der Waals surface area contributed by atoms with Crippen molar-refractivity contribution in [2.45, 2.75) is 37.9 Å². The van der Waals surface area contributed by atoms with Crippen LogP contribution in [0.15, 0.2) is 49.1 Å². The lowest BCUT2D eigenvalue weighted by atomic mass is 10.1. The van der Waals surface area contributed by atoms with Crippen molar-refractivity contribution < 1.29 is 22.7 Å². The number of nitrogens with one attached hydrogen (secondary N) is 2. The molecule has 0 bridgehead atoms. The van der Waals surface area contributed by atoms with Gasteiger partial charge in [0.25, 0.3) is 5.91 Å². The highest BCUT2D eigenvalue weighted by Crippen LogP contribution is 2.37. The lowest BCUT2D eigenvalue weighted by Crippen LogP contribution is -2.27. The van der Waals surface area contributed by atoms with Crippen molar-refractivity contribution in [2.75, 3.05) is 31.6 Å². The number of hydrogen-bond donors (Lipinski definition) is 3. The van der Waals surface area contributed by atoms with Crippen LogP contribution in [0.5, 0.6) is 0 Å². The maximum absolute atomic E-state index is 13.9. The third kappa shape index (κ3) is 7.29. The van der Waals surface area contributed by atoms with Gasteiger partial charge in [-0.25, -0.2) is 9.97 Å². The van der Waals surface area contributed by atoms with Gasteiger partial charge in [-0.1, -0.05) is 0 Å². The summed E-state index contributed by atoms with van der Waals surface area (Å²) in [6.45, 7) is 5.36. The Morgan fingerprint density at radius 2 is 1.90 bits per heavy atom. The highest BCUT2D eigenvalue weighted by molar-refractivity contribution is 6.23. The molecule has 0 atom stereocenters. The molecular weight excluding hydrogens is 549 g/mol. The summed E-state index contributed by atoms with van der Waals surface area (Å²) in [5.74, 6) is 0.0736. The summed E-state index contributed by atoms with van der Waals surface area (Å²) >= 11 is 6.22. The summed E-state index contributed by atoms with van der Waals surface area (Å²) in [5, 5.41) is 9.68. The predicted octanol–water partition coefficient (Wildman–Crippen LogP) is 4.47. The normalized spacial score (nSPS) is 12.2. The summed E-state index contributed by atoms with van der Waals surface area (Å²) in [5.41, 5.74) is 5.84. The minimum Gasteiger partial charge on any atom is -0.378 e. The number of benzene rings is 1. The van der Waals surface area contributed by atoms with Crippen LogP contribution in [0, 0.1) is 0 Å². The summed E-state index contributed by atoms with van der Waals surface area (Å²) in [4.78, 5) is 20.4. The number of amides is 1. The number of aryl methyl sites for hydroxylation is 1. The van der Waals surface area contributed by atoms with Crippen molar-refractivity contribution in [1.82, 2.24) is 29.5 Å². The molecule has 3 aromatic heterocycles. The van der Waals surface area contributed by atoms with Crippen LogP contribution >= 0.6 is 11.6 Å². The Balaban J connectivity index is 1.54. The molecule has 4 aromatic rings. The fraction of sp³-hybridized carbons (Fsp3) is 0.385. The molecule has 1 aromatic carbocycles. The molecular formula is C26H30ClF3N8O2. The maximum atomic E-state index is 13.9. The van der Waals surface area contributed by atoms with Crippen LogP contribution in [0.2, 0.25) is 0 Å². The van der Waals surface area contributed by atoms with E-state index in [4.69, 9.17) is 22.1 Å². The largest absolute Gasteiger partial charge is 0.435 e. The minimum absolute atomic E-state index is 0.103. The van der Waals surface area contributed by atoms with E-state index < -0.39 is 16.7 Å². The van der Waals surface area contributed by atoms with Crippen LogP contribution < -0.4 is 16.4 Å². The standard InChI is InChI=1S/C26H30ClF3N8O2/c1-25(2,27)7-11-37-16-19(21(36-37)26(28,29)30)20-15-34-23-22(32-9-12-38(20)23)35-18-5-3-17(4-6-18)24(39)33-10-14-40-13-8-31/h3-6,9,12,15-16H,7-8,10-11,13-14,31H2,1-2H3,(H,32,35)(H,33,39). The lowest BCUT2D eigenvalue weighted by Gasteiger charge is -2.14. The van der Waals surface area contributed by atoms with Crippen molar-refractivity contribution in [2.24, 2.45) is 5.73 Å². The number of nitrogens with two attached hydrogens (primary N) is 1. The van der Waals surface area contributed by atoms with Crippen LogP contribution in [-0.4, -0.2) is 61.2 Å². The second-order valence-corrected chi connectivity index (χ2v) is 10.6. The SMILES string of the molecule is CC(C)(Cl)CCn1cc(-c2cnc3c(Nc4ccc(C(=O)NCCOCCN)cc4)nccn23)c(C(F)(F)F)n1. The zero-order valence-electron chi connectivity index (χ0n) is 22.0. The number of carbonyl (C=O) groups is 1. The zero-order chi connectivity index (χ0) is 28.9. The van der Waals surface area contributed by atoms with Crippen LogP contribution in [0.1, 0.15) is 36.3 Å². The van der Waals surface area contributed by atoms with Crippen molar-refractivity contribution in [3.8, 4) is 11.3 Å². The highest BCUT2D eigenvalue weighted by atomic mass is 35.5. The molecule has 0 radical (unpaired) electrons. The first kappa shape index (κ1) is 29.3. The number of alkyl halides is 4. The summed E-state index contributed by atoms with van der Waals surface area (Å²) in [6, 6.07) is 6.67. The van der Waals surface area contributed by atoms with E-state index >= 15 is 0 Å². The van der Waals surface area contributed by atoms with Gasteiger partial charge < -0.3 is 21.1 Å². The summed E-state index contributed by atoms with van der Waals surface area (Å²) < 4.78 is 49.7. The van der Waals surface area contributed by atoms with Gasteiger partial charge in [0.1, 0.15) is 0 Å². The first-order valence-electron chi connectivity index (χ1n) is 12.6. The minimum atomic E-state index is -4.67. The second-order valence-electron chi connectivity index (χ2n) is 9.59. The smallest absolute Gasteiger partial charge is 0.378 e. The molecule has 40 heavy (non-hydrogen) atoms. The molecule has 0 spiro atoms. The number of nitrogens with zero attached hydrogens (tertiary/aromatic N) is 5. The molecule has 4 N–H and O–H groups in total. The van der Waals surface area contributed by atoms with Gasteiger partial charge in [0.05, 0.1) is 30.7 Å². The predicted molar refractivity (Wildman–Crippen MR) is 146 cm³/mol. The van der Waals surface area contributed by atoms with Gasteiger partial charge in [-0.2, -0.15) is 18.3 Å². The molecule has 3 heterocycles. The highest BCUT2D eigenvalue weighted by Gasteiger charge is 2.38. The van der Waals surface area contributed by atoms with E-state index in [2.05, 4.69) is 25.7 Å². The van der Waals surface area contributed by atoms with Gasteiger partial charge in [-0.15, -0.1) is 11.6 Å². The number of hydrogen-bond acceptors (Lipinski definition) is 7. The van der Waals surface area contributed by atoms with E-state index in [1.807, 2.05) is 0 Å². The number of imidazole rings is 1. The number of anilines is 2. The molecule has 0 saturated carbocycles. The van der Waals surface area contributed by atoms with E-state index in [9.17, 15) is 18.0 Å². The number of fused-ring (bicyclic) bond motifs is 1. The fourth-order valence-corrected chi connectivity index (χ4v) is 3.97. The Kier molecular flexibility index (Phi) is 8.96. The van der Waals surface area contributed by atoms with Gasteiger partial charge >= 0.3 is 6.18 Å². The molecule has 0 aliphatic heterocycles. The molecule has 214 valence electrons. The van der Waals surface area contributed by atoms with E-state index in [0.717, 1.165) is 0 Å². The van der Waals surface area contributed by atoms with Crippen LogP contribution in [0.3, 0.4) is 0 Å². The number of aromatic nitrogens is 5. The van der Waals surface area contributed by atoms with Crippen molar-refractivity contribution in [3.05, 3.63) is 60.3 Å². The first-order chi connectivity index (χ1) is 19.0. The second kappa shape index (κ2) is 12.2. The molecule has 0 unspecified atom stereocenters. The molecule has 0 saturated heterocycles. The van der Waals surface area contributed by atoms with Crippen LogP contribution in [-0.2, 0) is 17.5 Å². The first-order valence-corrected chi connectivity index (χ1v) is 12.9. The van der Waals surface area contributed by atoms with Crippen molar-refractivity contribution >= 4 is 34.7 Å². The van der Waals surface area contributed by atoms with Gasteiger partial charge in [-0.05, 0) is 44.5 Å². The van der Waals surface area contributed by atoms with E-state index in [1.54, 1.807) is 38.1 Å². The topological polar surface area (TPSA) is 124 Å². The van der Waals surface area contributed by atoms with E-state index in [-0.39, 0.29) is 23.7 Å². The van der Waals surface area contributed by atoms with Crippen LogP contribution in [0.25, 0.3) is 16.9 Å². The van der Waals surface area contributed by atoms with Gasteiger partial charge in [0.15, 0.2) is 17.2 Å². The molecule has 0 aliphatic rings. The van der Waals surface area contributed by atoms with Gasteiger partial charge in [-0.3, -0.25) is 13.9 Å². The average Bonchev–Trinajstić information content (AvgIpc) is 3.52. The molecule has 0 fully saturated rings. The molecule has 0 aliphatic carbocycles. The van der Waals surface area contributed by atoms with Crippen molar-refractivity contribution in [3.63, 3.8) is 0 Å². The number of carbonyl (C=O) groups excluding carboxylic acids is 1. The van der Waals surface area contributed by atoms with Gasteiger partial charge in [0, 0.05) is 54.3 Å². The molecule has 4 rings (SSSR count). The average molecular weight is 579 g/mol. The van der Waals surface area contributed by atoms with E-state index in [0.29, 0.717) is 55.4 Å². The third-order valence-corrected chi connectivity index (χ3v) is 6.06. The monoisotopic (exact) mass is 578 g/mol. The van der Waals surface area contributed by atoms with E-state index in [1.165, 1.54) is 33.9 Å². The fourth-order valence-electron chi connectivity index (χ4n) is 3.89. The quantitative estimate of drug-likeness (QED) is 0.167. The molecule has 14 heteroatoms. The Morgan fingerprint density at radius 1 is 1.15 bits per heavy atom. The summed E-state index contributed by atoms with van der Waals surface area (Å²) in [6.07, 6.45) is 1.48. The summed E-state index contributed by atoms with van der Waals surface area (Å²) in [7, 11) is 0. The van der Waals surface area contributed by atoms with Crippen molar-refractivity contribution in [1.29, 1.82) is 0 Å². The Morgan fingerprint density at radius 3 is 2.58 bits per heavy atom. The number of halogens is 4. The van der Waals surface area contributed by atoms with Crippen LogP contribution in [0.4, 0.5) is 24.7 Å². The Hall–Kier alpha value is -3.68.